The van der Waals surface area contributed by atoms with Gasteiger partial charge in [0.25, 0.3) is 0 Å². The van der Waals surface area contributed by atoms with E-state index in [0.717, 1.165) is 36.0 Å². The number of nitrogens with zero attached hydrogens (tertiary/aromatic N) is 3. The van der Waals surface area contributed by atoms with E-state index in [-0.39, 0.29) is 12.0 Å². The minimum Gasteiger partial charge on any atom is -0.396 e. The van der Waals surface area contributed by atoms with Gasteiger partial charge in [0, 0.05) is 37.2 Å². The van der Waals surface area contributed by atoms with Crippen LogP contribution < -0.4 is 10.2 Å². The smallest absolute Gasteiger partial charge is 0.138 e. The molecule has 5 heteroatoms. The number of hydrogen-bond acceptors (Lipinski definition) is 5. The van der Waals surface area contributed by atoms with Crippen LogP contribution in [0.3, 0.4) is 0 Å². The highest BCUT2D eigenvalue weighted by atomic mass is 16.3. The maximum Gasteiger partial charge on any atom is 0.138 e. The Balaban J connectivity index is 3.36. The lowest BCUT2D eigenvalue weighted by Crippen LogP contribution is -2.34. The molecule has 5 nitrogen and oxygen atoms in total. The number of aliphatic hydroxyl groups is 1. The van der Waals surface area contributed by atoms with E-state index in [2.05, 4.69) is 49.8 Å². The minimum atomic E-state index is -0.103. The summed E-state index contributed by atoms with van der Waals surface area (Å²) in [4.78, 5) is 11.7. The molecule has 21 heavy (non-hydrogen) atoms. The van der Waals surface area contributed by atoms with Gasteiger partial charge in [0.2, 0.25) is 0 Å². The molecular formula is C16H30N4O. The normalized spacial score (nSPS) is 11.9. The van der Waals surface area contributed by atoms with Crippen LogP contribution in [0.15, 0.2) is 0 Å². The quantitative estimate of drug-likeness (QED) is 0.844. The first-order valence-electron chi connectivity index (χ1n) is 7.66. The zero-order valence-corrected chi connectivity index (χ0v) is 14.5. The third-order valence-electron chi connectivity index (χ3n) is 3.48. The topological polar surface area (TPSA) is 61.3 Å². The molecule has 120 valence electrons. The van der Waals surface area contributed by atoms with E-state index in [9.17, 15) is 0 Å². The molecule has 0 aromatic carbocycles. The van der Waals surface area contributed by atoms with Gasteiger partial charge in [0.1, 0.15) is 17.5 Å². The molecule has 2 N–H and O–H groups in total. The van der Waals surface area contributed by atoms with Crippen molar-refractivity contribution in [3.05, 3.63) is 11.4 Å². The lowest BCUT2D eigenvalue weighted by Gasteiger charge is -2.31. The van der Waals surface area contributed by atoms with Crippen molar-refractivity contribution in [2.24, 2.45) is 0 Å². The summed E-state index contributed by atoms with van der Waals surface area (Å²) < 4.78 is 0. The van der Waals surface area contributed by atoms with E-state index in [1.54, 1.807) is 0 Å². The second-order valence-electron chi connectivity index (χ2n) is 6.71. The van der Waals surface area contributed by atoms with E-state index in [1.165, 1.54) is 0 Å². The maximum atomic E-state index is 9.13. The summed E-state index contributed by atoms with van der Waals surface area (Å²) in [6.45, 7) is 13.7. The molecule has 0 amide bonds. The van der Waals surface area contributed by atoms with Crippen LogP contribution in [0.2, 0.25) is 0 Å². The fourth-order valence-electron chi connectivity index (χ4n) is 2.21. The second-order valence-corrected chi connectivity index (χ2v) is 6.71. The van der Waals surface area contributed by atoms with Crippen molar-refractivity contribution in [3.8, 4) is 0 Å². The standard InChI is InChI=1S/C16H30N4O/c1-11(2)20(9-8-10-21)14-12(3)13(17-7)18-15(19-14)16(4,5)6/h11,21H,8-10H2,1-7H3,(H,17,18,19). The first-order chi connectivity index (χ1) is 9.72. The molecule has 0 fully saturated rings. The van der Waals surface area contributed by atoms with Crippen LogP contribution in [-0.4, -0.2) is 41.3 Å². The monoisotopic (exact) mass is 294 g/mol. The number of aromatic nitrogens is 2. The average Bonchev–Trinajstić information content (AvgIpc) is 2.39. The van der Waals surface area contributed by atoms with Crippen LogP contribution >= 0.6 is 0 Å². The second kappa shape index (κ2) is 7.07. The predicted molar refractivity (Wildman–Crippen MR) is 89.2 cm³/mol. The third-order valence-corrected chi connectivity index (χ3v) is 3.48. The van der Waals surface area contributed by atoms with Crippen LogP contribution in [0.5, 0.6) is 0 Å². The molecule has 0 saturated heterocycles. The van der Waals surface area contributed by atoms with Crippen LogP contribution in [0.1, 0.15) is 52.4 Å². The number of nitrogens with one attached hydrogen (secondary N) is 1. The van der Waals surface area contributed by atoms with Crippen LogP contribution in [0.4, 0.5) is 11.6 Å². The van der Waals surface area contributed by atoms with E-state index >= 15 is 0 Å². The highest BCUT2D eigenvalue weighted by molar-refractivity contribution is 5.59. The first-order valence-corrected chi connectivity index (χ1v) is 7.66. The molecule has 1 rings (SSSR count). The minimum absolute atomic E-state index is 0.103. The molecule has 0 aliphatic heterocycles. The van der Waals surface area contributed by atoms with Gasteiger partial charge < -0.3 is 15.3 Å². The fraction of sp³-hybridized carbons (Fsp3) is 0.750. The largest absolute Gasteiger partial charge is 0.396 e. The van der Waals surface area contributed by atoms with Gasteiger partial charge >= 0.3 is 0 Å². The number of hydrogen-bond donors (Lipinski definition) is 2. The Kier molecular flexibility index (Phi) is 5.96. The predicted octanol–water partition coefficient (Wildman–Crippen LogP) is 2.72. The van der Waals surface area contributed by atoms with Gasteiger partial charge in [-0.2, -0.15) is 0 Å². The molecular weight excluding hydrogens is 264 g/mol. The summed E-state index contributed by atoms with van der Waals surface area (Å²) >= 11 is 0. The summed E-state index contributed by atoms with van der Waals surface area (Å²) in [6, 6.07) is 0.322. The molecule has 0 radical (unpaired) electrons. The van der Waals surface area contributed by atoms with Crippen LogP contribution in [-0.2, 0) is 5.41 Å². The Morgan fingerprint density at radius 1 is 1.24 bits per heavy atom. The summed E-state index contributed by atoms with van der Waals surface area (Å²) in [5, 5.41) is 12.3. The van der Waals surface area contributed by atoms with Crippen molar-refractivity contribution in [2.45, 2.75) is 59.4 Å². The van der Waals surface area contributed by atoms with E-state index in [1.807, 2.05) is 14.0 Å². The molecule has 0 spiro atoms. The molecule has 1 heterocycles. The zero-order chi connectivity index (χ0) is 16.2. The molecule has 0 saturated carbocycles. The van der Waals surface area contributed by atoms with E-state index < -0.39 is 0 Å². The molecule has 0 aliphatic carbocycles. The van der Waals surface area contributed by atoms with Gasteiger partial charge in [-0.05, 0) is 27.2 Å². The first kappa shape index (κ1) is 17.7. The Labute approximate surface area is 128 Å². The summed E-state index contributed by atoms with van der Waals surface area (Å²) in [6.07, 6.45) is 0.737. The SMILES string of the molecule is CNc1nc(C(C)(C)C)nc(N(CCCO)C(C)C)c1C. The van der Waals surface area contributed by atoms with Gasteiger partial charge in [0.15, 0.2) is 0 Å². The van der Waals surface area contributed by atoms with Crippen LogP contribution in [0, 0.1) is 6.92 Å². The fourth-order valence-corrected chi connectivity index (χ4v) is 2.21. The maximum absolute atomic E-state index is 9.13. The zero-order valence-electron chi connectivity index (χ0n) is 14.5. The van der Waals surface area contributed by atoms with Crippen molar-refractivity contribution in [3.63, 3.8) is 0 Å². The van der Waals surface area contributed by atoms with Crippen molar-refractivity contribution in [1.29, 1.82) is 0 Å². The summed E-state index contributed by atoms with van der Waals surface area (Å²) in [5.41, 5.74) is 0.949. The lowest BCUT2D eigenvalue weighted by molar-refractivity contribution is 0.288. The molecule has 0 bridgehead atoms. The van der Waals surface area contributed by atoms with Crippen molar-refractivity contribution >= 4 is 11.6 Å². The van der Waals surface area contributed by atoms with Gasteiger partial charge in [-0.25, -0.2) is 9.97 Å². The molecule has 0 unspecified atom stereocenters. The van der Waals surface area contributed by atoms with Gasteiger partial charge in [-0.1, -0.05) is 20.8 Å². The van der Waals surface area contributed by atoms with Crippen molar-refractivity contribution < 1.29 is 5.11 Å². The Morgan fingerprint density at radius 2 is 1.86 bits per heavy atom. The lowest BCUT2D eigenvalue weighted by atomic mass is 9.95. The molecule has 0 aliphatic rings. The Hall–Kier alpha value is -1.36. The van der Waals surface area contributed by atoms with Gasteiger partial charge in [-0.15, -0.1) is 0 Å². The van der Waals surface area contributed by atoms with Crippen LogP contribution in [0.25, 0.3) is 0 Å². The molecule has 1 aromatic heterocycles. The Bertz CT molecular complexity index is 466. The van der Waals surface area contributed by atoms with Crippen molar-refractivity contribution in [2.75, 3.05) is 30.4 Å². The highest BCUT2D eigenvalue weighted by Gasteiger charge is 2.24. The average molecular weight is 294 g/mol. The van der Waals surface area contributed by atoms with Gasteiger partial charge in [0.05, 0.1) is 0 Å². The van der Waals surface area contributed by atoms with E-state index in [4.69, 9.17) is 10.1 Å². The summed E-state index contributed by atoms with van der Waals surface area (Å²) in [5.74, 6) is 2.67. The van der Waals surface area contributed by atoms with Gasteiger partial charge in [-0.3, -0.25) is 0 Å². The third kappa shape index (κ3) is 4.30. The number of anilines is 2. The summed E-state index contributed by atoms with van der Waals surface area (Å²) in [7, 11) is 1.89. The van der Waals surface area contributed by atoms with Crippen molar-refractivity contribution in [1.82, 2.24) is 9.97 Å². The highest BCUT2D eigenvalue weighted by Crippen LogP contribution is 2.29. The molecule has 0 atom stereocenters. The molecule has 1 aromatic rings. The number of rotatable bonds is 6. The van der Waals surface area contributed by atoms with E-state index in [0.29, 0.717) is 6.04 Å². The Morgan fingerprint density at radius 3 is 2.29 bits per heavy atom. The number of aliphatic hydroxyl groups excluding tert-OH is 1.